The summed E-state index contributed by atoms with van der Waals surface area (Å²) in [5, 5.41) is 23.2. The van der Waals surface area contributed by atoms with Gasteiger partial charge in [0, 0.05) is 13.0 Å². The number of aryl methyl sites for hydroxylation is 1. The zero-order chi connectivity index (χ0) is 11.2. The third-order valence-electron chi connectivity index (χ3n) is 2.62. The Morgan fingerprint density at radius 3 is 2.93 bits per heavy atom. The lowest BCUT2D eigenvalue weighted by atomic mass is 10.2. The van der Waals surface area contributed by atoms with Gasteiger partial charge in [0.1, 0.15) is 11.9 Å². The molecule has 1 aliphatic carbocycles. The van der Waals surface area contributed by atoms with Crippen molar-refractivity contribution in [1.29, 1.82) is 0 Å². The Balaban J connectivity index is 2.33. The number of carbonyl (C=O) groups is 1. The Labute approximate surface area is 84.5 Å². The second kappa shape index (κ2) is 3.04. The first-order chi connectivity index (χ1) is 7.02. The molecule has 1 aromatic heterocycles. The van der Waals surface area contributed by atoms with E-state index >= 15 is 0 Å². The number of rotatable bonds is 3. The Bertz CT molecular complexity index is 439. The molecule has 0 aliphatic heterocycles. The number of hydrogen-bond acceptors (Lipinski definition) is 4. The Morgan fingerprint density at radius 2 is 2.47 bits per heavy atom. The van der Waals surface area contributed by atoms with Crippen molar-refractivity contribution in [1.82, 2.24) is 9.78 Å². The van der Waals surface area contributed by atoms with Gasteiger partial charge in [0.15, 0.2) is 0 Å². The maximum atomic E-state index is 10.7. The van der Waals surface area contributed by atoms with Gasteiger partial charge in [-0.05, 0) is 6.42 Å². The molecule has 1 aliphatic rings. The van der Waals surface area contributed by atoms with Gasteiger partial charge in [-0.15, -0.1) is 0 Å². The molecule has 1 N–H and O–H groups in total. The van der Waals surface area contributed by atoms with E-state index in [4.69, 9.17) is 5.11 Å². The zero-order valence-corrected chi connectivity index (χ0v) is 7.95. The molecule has 0 amide bonds. The van der Waals surface area contributed by atoms with Crippen molar-refractivity contribution in [2.75, 3.05) is 0 Å². The highest BCUT2D eigenvalue weighted by Crippen LogP contribution is 2.49. The van der Waals surface area contributed by atoms with Gasteiger partial charge in [0.2, 0.25) is 0 Å². The average Bonchev–Trinajstić information content (AvgIpc) is 2.83. The van der Waals surface area contributed by atoms with Crippen LogP contribution in [-0.2, 0) is 11.8 Å². The van der Waals surface area contributed by atoms with Gasteiger partial charge in [-0.2, -0.15) is 5.10 Å². The van der Waals surface area contributed by atoms with Crippen molar-refractivity contribution in [3.8, 4) is 0 Å². The maximum absolute atomic E-state index is 10.7. The first-order valence-electron chi connectivity index (χ1n) is 4.41. The van der Waals surface area contributed by atoms with Crippen molar-refractivity contribution in [3.63, 3.8) is 0 Å². The SMILES string of the molecule is Cn1ncc([N+](=O)[O-])c1[C@@H]1C[C@H]1C(=O)O. The summed E-state index contributed by atoms with van der Waals surface area (Å²) < 4.78 is 1.38. The van der Waals surface area contributed by atoms with Gasteiger partial charge in [-0.3, -0.25) is 19.6 Å². The van der Waals surface area contributed by atoms with Crippen LogP contribution in [0.25, 0.3) is 0 Å². The molecule has 2 rings (SSSR count). The minimum absolute atomic E-state index is 0.0914. The van der Waals surface area contributed by atoms with Crippen LogP contribution in [0.15, 0.2) is 6.20 Å². The van der Waals surface area contributed by atoms with E-state index < -0.39 is 16.8 Å². The summed E-state index contributed by atoms with van der Waals surface area (Å²) >= 11 is 0. The highest BCUT2D eigenvalue weighted by Gasteiger charge is 2.49. The maximum Gasteiger partial charge on any atom is 0.310 e. The van der Waals surface area contributed by atoms with Crippen LogP contribution in [0.2, 0.25) is 0 Å². The molecule has 7 heteroatoms. The van der Waals surface area contributed by atoms with Crippen molar-refractivity contribution in [3.05, 3.63) is 22.0 Å². The van der Waals surface area contributed by atoms with E-state index in [1.807, 2.05) is 0 Å². The number of carboxylic acid groups (broad SMARTS) is 1. The third-order valence-corrected chi connectivity index (χ3v) is 2.62. The van der Waals surface area contributed by atoms with Gasteiger partial charge < -0.3 is 5.11 Å². The number of hydrogen-bond donors (Lipinski definition) is 1. The molecular formula is C8H9N3O4. The van der Waals surface area contributed by atoms with Crippen LogP contribution in [0, 0.1) is 16.0 Å². The summed E-state index contributed by atoms with van der Waals surface area (Å²) in [4.78, 5) is 20.8. The van der Waals surface area contributed by atoms with E-state index in [1.54, 1.807) is 7.05 Å². The van der Waals surface area contributed by atoms with Crippen LogP contribution in [0.4, 0.5) is 5.69 Å². The van der Waals surface area contributed by atoms with Crippen LogP contribution in [0.5, 0.6) is 0 Å². The van der Waals surface area contributed by atoms with Crippen LogP contribution in [0.1, 0.15) is 18.0 Å². The summed E-state index contributed by atoms with van der Waals surface area (Å²) in [6.07, 6.45) is 1.61. The molecule has 0 spiro atoms. The van der Waals surface area contributed by atoms with Gasteiger partial charge in [-0.25, -0.2) is 0 Å². The molecule has 1 fully saturated rings. The summed E-state index contributed by atoms with van der Waals surface area (Å²) in [5.74, 6) is -1.68. The van der Waals surface area contributed by atoms with Crippen molar-refractivity contribution in [2.24, 2.45) is 13.0 Å². The molecule has 1 heterocycles. The predicted octanol–water partition coefficient (Wildman–Crippen LogP) is 0.516. The van der Waals surface area contributed by atoms with E-state index in [0.29, 0.717) is 12.1 Å². The fraction of sp³-hybridized carbons (Fsp3) is 0.500. The molecule has 0 bridgehead atoms. The van der Waals surface area contributed by atoms with Crippen LogP contribution < -0.4 is 0 Å². The number of aromatic nitrogens is 2. The van der Waals surface area contributed by atoms with Crippen molar-refractivity contribution < 1.29 is 14.8 Å². The number of carboxylic acids is 1. The van der Waals surface area contributed by atoms with Crippen molar-refractivity contribution in [2.45, 2.75) is 12.3 Å². The van der Waals surface area contributed by atoms with Crippen molar-refractivity contribution >= 4 is 11.7 Å². The quantitative estimate of drug-likeness (QED) is 0.580. The second-order valence-electron chi connectivity index (χ2n) is 3.58. The Hall–Kier alpha value is -1.92. The molecule has 15 heavy (non-hydrogen) atoms. The molecule has 0 radical (unpaired) electrons. The second-order valence-corrected chi connectivity index (χ2v) is 3.58. The average molecular weight is 211 g/mol. The predicted molar refractivity (Wildman–Crippen MR) is 48.3 cm³/mol. The van der Waals surface area contributed by atoms with Gasteiger partial charge in [0.25, 0.3) is 0 Å². The smallest absolute Gasteiger partial charge is 0.310 e. The molecule has 0 aromatic carbocycles. The van der Waals surface area contributed by atoms with E-state index in [9.17, 15) is 14.9 Å². The minimum Gasteiger partial charge on any atom is -0.481 e. The lowest BCUT2D eigenvalue weighted by molar-refractivity contribution is -0.385. The summed E-state index contributed by atoms with van der Waals surface area (Å²) in [6, 6.07) is 0. The molecule has 1 aromatic rings. The third kappa shape index (κ3) is 1.45. The molecule has 0 unspecified atom stereocenters. The fourth-order valence-corrected chi connectivity index (χ4v) is 1.78. The number of nitro groups is 1. The fourth-order valence-electron chi connectivity index (χ4n) is 1.78. The van der Waals surface area contributed by atoms with E-state index in [1.165, 1.54) is 4.68 Å². The first-order valence-corrected chi connectivity index (χ1v) is 4.41. The topological polar surface area (TPSA) is 98.3 Å². The molecule has 0 saturated heterocycles. The normalized spacial score (nSPS) is 23.8. The van der Waals surface area contributed by atoms with Gasteiger partial charge in [0.05, 0.1) is 10.8 Å². The molecule has 2 atom stereocenters. The molecule has 7 nitrogen and oxygen atoms in total. The minimum atomic E-state index is -0.907. The van der Waals surface area contributed by atoms with Crippen LogP contribution in [-0.4, -0.2) is 25.8 Å². The number of aliphatic carboxylic acids is 1. The summed E-state index contributed by atoms with van der Waals surface area (Å²) in [5.41, 5.74) is 0.318. The largest absolute Gasteiger partial charge is 0.481 e. The molecule has 1 saturated carbocycles. The lowest BCUT2D eigenvalue weighted by Gasteiger charge is -1.98. The molecule has 80 valence electrons. The van der Waals surface area contributed by atoms with E-state index in [2.05, 4.69) is 5.10 Å². The highest BCUT2D eigenvalue weighted by atomic mass is 16.6. The van der Waals surface area contributed by atoms with Gasteiger partial charge in [-0.1, -0.05) is 0 Å². The van der Waals surface area contributed by atoms with Crippen LogP contribution >= 0.6 is 0 Å². The Morgan fingerprint density at radius 1 is 1.80 bits per heavy atom. The number of nitrogens with zero attached hydrogens (tertiary/aromatic N) is 3. The van der Waals surface area contributed by atoms with E-state index in [-0.39, 0.29) is 11.6 Å². The summed E-state index contributed by atoms with van der Waals surface area (Å²) in [6.45, 7) is 0. The highest BCUT2D eigenvalue weighted by molar-refractivity contribution is 5.75. The lowest BCUT2D eigenvalue weighted by Crippen LogP contribution is -2.04. The van der Waals surface area contributed by atoms with Gasteiger partial charge >= 0.3 is 11.7 Å². The van der Waals surface area contributed by atoms with E-state index in [0.717, 1.165) is 6.20 Å². The first kappa shape index (κ1) is 9.63. The summed E-state index contributed by atoms with van der Waals surface area (Å²) in [7, 11) is 1.58. The molecular weight excluding hydrogens is 202 g/mol. The monoisotopic (exact) mass is 211 g/mol. The van der Waals surface area contributed by atoms with Crippen LogP contribution in [0.3, 0.4) is 0 Å². The standard InChI is InChI=1S/C8H9N3O4/c1-10-7(4-2-5(4)8(12)13)6(3-9-10)11(14)15/h3-5H,2H2,1H3,(H,12,13)/t4-,5-/m1/s1. The zero-order valence-electron chi connectivity index (χ0n) is 7.95. The Kier molecular flexibility index (Phi) is 1.95.